The van der Waals surface area contributed by atoms with E-state index < -0.39 is 17.7 Å². The number of aliphatic hydroxyl groups is 1. The van der Waals surface area contributed by atoms with Gasteiger partial charge in [0.05, 0.1) is 29.3 Å². The number of ether oxygens (including phenoxy) is 1. The van der Waals surface area contributed by atoms with Crippen LogP contribution in [0, 0.1) is 6.92 Å². The first-order chi connectivity index (χ1) is 14.9. The molecular formula is C23H19ClN2O4S. The van der Waals surface area contributed by atoms with Crippen molar-refractivity contribution < 1.29 is 19.4 Å². The number of benzene rings is 1. The van der Waals surface area contributed by atoms with Gasteiger partial charge in [0, 0.05) is 23.8 Å². The average molecular weight is 455 g/mol. The van der Waals surface area contributed by atoms with E-state index in [0.717, 1.165) is 16.0 Å². The Morgan fingerprint density at radius 2 is 2.00 bits per heavy atom. The first-order valence-corrected chi connectivity index (χ1v) is 10.7. The highest BCUT2D eigenvalue weighted by Gasteiger charge is 2.46. The normalized spacial score (nSPS) is 17.9. The van der Waals surface area contributed by atoms with Gasteiger partial charge in [0.15, 0.2) is 0 Å². The number of hydrogen-bond donors (Lipinski definition) is 1. The Bertz CT molecular complexity index is 1180. The van der Waals surface area contributed by atoms with Crippen LogP contribution >= 0.6 is 22.9 Å². The van der Waals surface area contributed by atoms with Crippen molar-refractivity contribution in [3.8, 4) is 5.75 Å². The Morgan fingerprint density at radius 3 is 2.65 bits per heavy atom. The van der Waals surface area contributed by atoms with Gasteiger partial charge in [-0.15, -0.1) is 11.3 Å². The summed E-state index contributed by atoms with van der Waals surface area (Å²) in [6.45, 7) is 2.03. The van der Waals surface area contributed by atoms with Gasteiger partial charge < -0.3 is 14.7 Å². The Morgan fingerprint density at radius 1 is 1.26 bits per heavy atom. The molecule has 0 saturated carbocycles. The van der Waals surface area contributed by atoms with Gasteiger partial charge in [0.25, 0.3) is 11.7 Å². The molecule has 1 saturated heterocycles. The van der Waals surface area contributed by atoms with E-state index in [2.05, 4.69) is 4.98 Å². The third-order valence-corrected chi connectivity index (χ3v) is 6.31. The van der Waals surface area contributed by atoms with E-state index in [0.29, 0.717) is 5.02 Å². The molecule has 31 heavy (non-hydrogen) atoms. The number of carbonyl (C=O) groups is 2. The summed E-state index contributed by atoms with van der Waals surface area (Å²) >= 11 is 7.71. The lowest BCUT2D eigenvalue weighted by molar-refractivity contribution is -0.140. The minimum Gasteiger partial charge on any atom is -0.507 e. The first-order valence-electron chi connectivity index (χ1n) is 9.47. The molecule has 8 heteroatoms. The van der Waals surface area contributed by atoms with Gasteiger partial charge in [-0.1, -0.05) is 17.7 Å². The number of halogens is 1. The van der Waals surface area contributed by atoms with Crippen molar-refractivity contribution in [2.24, 2.45) is 0 Å². The number of aromatic nitrogens is 1. The lowest BCUT2D eigenvalue weighted by Gasteiger charge is -2.24. The van der Waals surface area contributed by atoms with Gasteiger partial charge in [0.2, 0.25) is 0 Å². The summed E-state index contributed by atoms with van der Waals surface area (Å²) in [6.07, 6.45) is 3.26. The minimum atomic E-state index is -0.746. The molecule has 1 unspecified atom stereocenters. The number of aliphatic hydroxyl groups excluding tert-OH is 1. The van der Waals surface area contributed by atoms with Crippen LogP contribution in [-0.4, -0.2) is 33.8 Å². The number of carbonyl (C=O) groups excluding carboxylic acids is 2. The van der Waals surface area contributed by atoms with Crippen LogP contribution in [0.5, 0.6) is 5.75 Å². The molecule has 3 aromatic rings. The molecule has 6 nitrogen and oxygen atoms in total. The van der Waals surface area contributed by atoms with E-state index in [1.807, 2.05) is 24.4 Å². The predicted molar refractivity (Wildman–Crippen MR) is 119 cm³/mol. The molecule has 0 aliphatic carbocycles. The average Bonchev–Trinajstić information content (AvgIpc) is 3.36. The summed E-state index contributed by atoms with van der Waals surface area (Å²) in [5.41, 5.74) is 1.90. The monoisotopic (exact) mass is 454 g/mol. The van der Waals surface area contributed by atoms with E-state index in [-0.39, 0.29) is 29.2 Å². The maximum absolute atomic E-state index is 13.1. The zero-order valence-electron chi connectivity index (χ0n) is 16.8. The fourth-order valence-electron chi connectivity index (χ4n) is 3.73. The zero-order chi connectivity index (χ0) is 22.1. The number of pyridine rings is 1. The second kappa shape index (κ2) is 8.53. The molecule has 1 N–H and O–H groups in total. The number of nitrogens with zero attached hydrogens (tertiary/aromatic N) is 2. The molecule has 1 atom stereocenters. The molecule has 0 spiro atoms. The topological polar surface area (TPSA) is 79.7 Å². The van der Waals surface area contributed by atoms with Crippen LogP contribution in [0.2, 0.25) is 5.02 Å². The SMILES string of the molecule is COc1c(Cl)cc(C)cc1/C(O)=C1/C(=O)C(=O)N(Cc2ccncc2)C1c1cccs1. The molecule has 158 valence electrons. The van der Waals surface area contributed by atoms with E-state index in [9.17, 15) is 14.7 Å². The van der Waals surface area contributed by atoms with Crippen LogP contribution in [0.1, 0.15) is 27.6 Å². The molecule has 3 heterocycles. The van der Waals surface area contributed by atoms with Crippen molar-refractivity contribution in [3.05, 3.63) is 86.3 Å². The number of methoxy groups -OCH3 is 1. The summed E-state index contributed by atoms with van der Waals surface area (Å²) < 4.78 is 5.38. The van der Waals surface area contributed by atoms with Crippen LogP contribution in [0.15, 0.2) is 59.7 Å². The molecule has 1 aliphatic heterocycles. The number of Topliss-reactive ketones (excluding diaryl/α,β-unsaturated/α-hetero) is 1. The maximum atomic E-state index is 13.1. The Balaban J connectivity index is 1.90. The van der Waals surface area contributed by atoms with Gasteiger partial charge in [-0.3, -0.25) is 14.6 Å². The first kappa shape index (κ1) is 21.1. The Labute approximate surface area is 188 Å². The highest BCUT2D eigenvalue weighted by atomic mass is 35.5. The molecular weight excluding hydrogens is 436 g/mol. The molecule has 1 aromatic carbocycles. The number of thiophene rings is 1. The molecule has 0 radical (unpaired) electrons. The number of aryl methyl sites for hydroxylation is 1. The molecule has 0 bridgehead atoms. The summed E-state index contributed by atoms with van der Waals surface area (Å²) in [5, 5.41) is 13.4. The van der Waals surface area contributed by atoms with Crippen LogP contribution in [-0.2, 0) is 16.1 Å². The van der Waals surface area contributed by atoms with Crippen LogP contribution in [0.4, 0.5) is 0 Å². The van der Waals surface area contributed by atoms with Crippen LogP contribution < -0.4 is 4.74 Å². The van der Waals surface area contributed by atoms with Crippen LogP contribution in [0.3, 0.4) is 0 Å². The van der Waals surface area contributed by atoms with E-state index in [1.165, 1.54) is 23.3 Å². The summed E-state index contributed by atoms with van der Waals surface area (Å²) in [4.78, 5) is 32.4. The van der Waals surface area contributed by atoms with Gasteiger partial charge >= 0.3 is 0 Å². The second-order valence-electron chi connectivity index (χ2n) is 7.13. The molecule has 4 rings (SSSR count). The number of amides is 1. The fourth-order valence-corrected chi connectivity index (χ4v) is 4.92. The second-order valence-corrected chi connectivity index (χ2v) is 8.51. The van der Waals surface area contributed by atoms with Crippen molar-refractivity contribution in [1.29, 1.82) is 0 Å². The zero-order valence-corrected chi connectivity index (χ0v) is 18.4. The maximum Gasteiger partial charge on any atom is 0.295 e. The number of hydrogen-bond acceptors (Lipinski definition) is 6. The van der Waals surface area contributed by atoms with E-state index >= 15 is 0 Å². The van der Waals surface area contributed by atoms with Crippen molar-refractivity contribution >= 4 is 40.4 Å². The van der Waals surface area contributed by atoms with Crippen molar-refractivity contribution in [3.63, 3.8) is 0 Å². The summed E-state index contributed by atoms with van der Waals surface area (Å²) in [7, 11) is 1.44. The Kier molecular flexibility index (Phi) is 5.80. The smallest absolute Gasteiger partial charge is 0.295 e. The van der Waals surface area contributed by atoms with Gasteiger partial charge in [-0.2, -0.15) is 0 Å². The predicted octanol–water partition coefficient (Wildman–Crippen LogP) is 4.74. The standard InChI is InChI=1S/C23H19ClN2O4S/c1-13-10-15(22(30-2)16(24)11-13)20(27)18-19(17-4-3-9-31-17)26(23(29)21(18)28)12-14-5-7-25-8-6-14/h3-11,19,27H,12H2,1-2H3/b20-18-. The number of rotatable bonds is 5. The number of ketones is 1. The van der Waals surface area contributed by atoms with Crippen LogP contribution in [0.25, 0.3) is 5.76 Å². The molecule has 1 aliphatic rings. The third-order valence-electron chi connectivity index (χ3n) is 5.10. The number of likely N-dealkylation sites (tertiary alicyclic amines) is 1. The largest absolute Gasteiger partial charge is 0.507 e. The quantitative estimate of drug-likeness (QED) is 0.342. The Hall–Kier alpha value is -3.16. The highest BCUT2D eigenvalue weighted by Crippen LogP contribution is 2.44. The molecule has 1 amide bonds. The summed E-state index contributed by atoms with van der Waals surface area (Å²) in [6, 6.07) is 9.92. The van der Waals surface area contributed by atoms with Gasteiger partial charge in [-0.05, 0) is 53.8 Å². The molecule has 2 aromatic heterocycles. The third kappa shape index (κ3) is 3.82. The van der Waals surface area contributed by atoms with Crippen molar-refractivity contribution in [2.75, 3.05) is 7.11 Å². The molecule has 1 fully saturated rings. The van der Waals surface area contributed by atoms with Gasteiger partial charge in [-0.25, -0.2) is 0 Å². The lowest BCUT2D eigenvalue weighted by atomic mass is 9.98. The highest BCUT2D eigenvalue weighted by molar-refractivity contribution is 7.10. The lowest BCUT2D eigenvalue weighted by Crippen LogP contribution is -2.28. The summed E-state index contributed by atoms with van der Waals surface area (Å²) in [5.74, 6) is -1.48. The van der Waals surface area contributed by atoms with Crippen molar-refractivity contribution in [2.45, 2.75) is 19.5 Å². The van der Waals surface area contributed by atoms with E-state index in [1.54, 1.807) is 36.7 Å². The minimum absolute atomic E-state index is 0.0153. The van der Waals surface area contributed by atoms with Gasteiger partial charge in [0.1, 0.15) is 11.5 Å². The van der Waals surface area contributed by atoms with Crippen molar-refractivity contribution in [1.82, 2.24) is 9.88 Å². The fraction of sp³-hybridized carbons (Fsp3) is 0.174. The van der Waals surface area contributed by atoms with E-state index in [4.69, 9.17) is 16.3 Å².